The van der Waals surface area contributed by atoms with Crippen LogP contribution >= 0.6 is 0 Å². The van der Waals surface area contributed by atoms with E-state index in [0.717, 1.165) is 0 Å². The van der Waals surface area contributed by atoms with Crippen molar-refractivity contribution in [3.8, 4) is 17.6 Å². The van der Waals surface area contributed by atoms with Gasteiger partial charge in [-0.15, -0.1) is 0 Å². The Morgan fingerprint density at radius 1 is 1.33 bits per heavy atom. The third kappa shape index (κ3) is 5.71. The van der Waals surface area contributed by atoms with Crippen molar-refractivity contribution >= 4 is 15.9 Å². The molecule has 8 nitrogen and oxygen atoms in total. The zero-order valence-electron chi connectivity index (χ0n) is 19.2. The molecule has 0 aliphatic carbocycles. The Labute approximate surface area is 195 Å². The van der Waals surface area contributed by atoms with Crippen molar-refractivity contribution in [3.05, 3.63) is 53.9 Å². The number of nitrogens with zero attached hydrogens (tertiary/aromatic N) is 3. The molecule has 9 heteroatoms. The van der Waals surface area contributed by atoms with Crippen molar-refractivity contribution in [2.75, 3.05) is 26.7 Å². The van der Waals surface area contributed by atoms with E-state index in [-0.39, 0.29) is 35.6 Å². The molecule has 0 fully saturated rings. The van der Waals surface area contributed by atoms with E-state index in [1.54, 1.807) is 49.3 Å². The predicted octanol–water partition coefficient (Wildman–Crippen LogP) is 1.73. The van der Waals surface area contributed by atoms with Gasteiger partial charge in [0.15, 0.2) is 0 Å². The monoisotopic (exact) mass is 471 g/mol. The molecule has 1 N–H and O–H groups in total. The minimum atomic E-state index is -3.93. The average molecular weight is 472 g/mol. The van der Waals surface area contributed by atoms with E-state index in [9.17, 15) is 18.3 Å². The van der Waals surface area contributed by atoms with Crippen LogP contribution in [0.3, 0.4) is 0 Å². The van der Waals surface area contributed by atoms with Gasteiger partial charge in [0.1, 0.15) is 22.4 Å². The highest BCUT2D eigenvalue weighted by Gasteiger charge is 2.38. The first-order valence-electron chi connectivity index (χ1n) is 10.7. The number of ether oxygens (including phenoxy) is 1. The summed E-state index contributed by atoms with van der Waals surface area (Å²) < 4.78 is 34.5. The van der Waals surface area contributed by atoms with Crippen LogP contribution in [0.1, 0.15) is 32.0 Å². The molecular formula is C24H29N3O5S. The number of aliphatic hydroxyl groups is 1. The fourth-order valence-electron chi connectivity index (χ4n) is 3.49. The topological polar surface area (TPSA) is 100 Å². The molecule has 1 aliphatic rings. The van der Waals surface area contributed by atoms with Gasteiger partial charge in [0, 0.05) is 44.2 Å². The number of sulfonamides is 1. The molecule has 2 heterocycles. The number of aromatic nitrogens is 1. The summed E-state index contributed by atoms with van der Waals surface area (Å²) in [6, 6.07) is 9.51. The van der Waals surface area contributed by atoms with Gasteiger partial charge in [-0.1, -0.05) is 18.9 Å². The number of likely N-dealkylation sites (N-methyl/N-ethyl adjacent to an activating group) is 1. The smallest absolute Gasteiger partial charge is 0.247 e. The lowest BCUT2D eigenvalue weighted by Gasteiger charge is -2.37. The van der Waals surface area contributed by atoms with Gasteiger partial charge in [-0.3, -0.25) is 4.79 Å². The molecule has 176 valence electrons. The molecule has 3 atom stereocenters. The maximum atomic E-state index is 13.5. The molecule has 1 aromatic carbocycles. The SMILES string of the molecule is CC(=O)N(C)C[C@@H]1Oc2cc(C#Cc3ccccn3)ccc2S(=O)(=O)N([C@@H](C)CO)C[C@H]1C. The van der Waals surface area contributed by atoms with E-state index in [2.05, 4.69) is 16.8 Å². The second-order valence-corrected chi connectivity index (χ2v) is 10.1. The predicted molar refractivity (Wildman–Crippen MR) is 124 cm³/mol. The maximum absolute atomic E-state index is 13.5. The third-order valence-electron chi connectivity index (χ3n) is 5.66. The molecule has 0 spiro atoms. The summed E-state index contributed by atoms with van der Waals surface area (Å²) in [4.78, 5) is 17.6. The van der Waals surface area contributed by atoms with Crippen molar-refractivity contribution in [1.29, 1.82) is 0 Å². The minimum Gasteiger partial charge on any atom is -0.487 e. The Morgan fingerprint density at radius 2 is 2.09 bits per heavy atom. The first-order valence-corrected chi connectivity index (χ1v) is 12.2. The Hall–Kier alpha value is -2.93. The summed E-state index contributed by atoms with van der Waals surface area (Å²) in [6.45, 7) is 5.14. The highest BCUT2D eigenvalue weighted by molar-refractivity contribution is 7.89. The third-order valence-corrected chi connectivity index (χ3v) is 7.68. The summed E-state index contributed by atoms with van der Waals surface area (Å²) in [5.41, 5.74) is 1.17. The molecule has 1 aliphatic heterocycles. The van der Waals surface area contributed by atoms with Crippen molar-refractivity contribution in [1.82, 2.24) is 14.2 Å². The van der Waals surface area contributed by atoms with Gasteiger partial charge < -0.3 is 14.7 Å². The largest absolute Gasteiger partial charge is 0.487 e. The second kappa shape index (κ2) is 10.3. The summed E-state index contributed by atoms with van der Waals surface area (Å²) in [5, 5.41) is 9.71. The van der Waals surface area contributed by atoms with Crippen LogP contribution in [-0.2, 0) is 14.8 Å². The molecule has 0 bridgehead atoms. The fraction of sp³-hybridized carbons (Fsp3) is 0.417. The van der Waals surface area contributed by atoms with Gasteiger partial charge in [-0.25, -0.2) is 13.4 Å². The Morgan fingerprint density at radius 3 is 2.73 bits per heavy atom. The number of pyridine rings is 1. The van der Waals surface area contributed by atoms with Crippen LogP contribution in [0.15, 0.2) is 47.5 Å². The number of fused-ring (bicyclic) bond motifs is 1. The van der Waals surface area contributed by atoms with Crippen LogP contribution in [0.4, 0.5) is 0 Å². The van der Waals surface area contributed by atoms with Gasteiger partial charge >= 0.3 is 0 Å². The molecule has 2 aromatic rings. The molecule has 0 radical (unpaired) electrons. The normalized spacial score (nSPS) is 20.8. The quantitative estimate of drug-likeness (QED) is 0.682. The number of carbonyl (C=O) groups excluding carboxylic acids is 1. The summed E-state index contributed by atoms with van der Waals surface area (Å²) >= 11 is 0. The Kier molecular flexibility index (Phi) is 7.74. The Bertz CT molecular complexity index is 1160. The molecule has 33 heavy (non-hydrogen) atoms. The highest BCUT2D eigenvalue weighted by Crippen LogP contribution is 2.34. The average Bonchev–Trinajstić information content (AvgIpc) is 2.79. The first-order chi connectivity index (χ1) is 15.6. The Balaban J connectivity index is 2.08. The molecule has 1 aromatic heterocycles. The van der Waals surface area contributed by atoms with E-state index in [0.29, 0.717) is 17.8 Å². The van der Waals surface area contributed by atoms with Crippen LogP contribution in [0.25, 0.3) is 0 Å². The number of carbonyl (C=O) groups is 1. The number of amides is 1. The van der Waals surface area contributed by atoms with E-state index in [4.69, 9.17) is 4.74 Å². The first kappa shape index (κ1) is 24.7. The highest BCUT2D eigenvalue weighted by atomic mass is 32.2. The summed E-state index contributed by atoms with van der Waals surface area (Å²) in [5.74, 6) is 5.77. The number of benzene rings is 1. The van der Waals surface area contributed by atoms with E-state index in [1.165, 1.54) is 17.3 Å². The van der Waals surface area contributed by atoms with Gasteiger partial charge in [-0.05, 0) is 43.2 Å². The minimum absolute atomic E-state index is 0.00793. The standard InChI is InChI=1S/C24H29N3O5S/c1-17-14-27(18(2)16-28)33(30,31)24-11-9-20(8-10-21-7-5-6-12-25-21)13-22(24)32-23(17)15-26(4)19(3)29/h5-7,9,11-13,17-18,23,28H,14-16H2,1-4H3/t17-,18+,23+/m1/s1. The number of hydrogen-bond donors (Lipinski definition) is 1. The second-order valence-electron chi connectivity index (χ2n) is 8.27. The molecule has 3 rings (SSSR count). The van der Waals surface area contributed by atoms with Gasteiger partial charge in [0.25, 0.3) is 0 Å². The fourth-order valence-corrected chi connectivity index (χ4v) is 5.32. The van der Waals surface area contributed by atoms with Crippen LogP contribution in [0.5, 0.6) is 5.75 Å². The van der Waals surface area contributed by atoms with Crippen molar-refractivity contribution in [2.45, 2.75) is 37.8 Å². The maximum Gasteiger partial charge on any atom is 0.247 e. The van der Waals surface area contributed by atoms with Crippen LogP contribution < -0.4 is 4.74 Å². The van der Waals surface area contributed by atoms with E-state index >= 15 is 0 Å². The van der Waals surface area contributed by atoms with Crippen LogP contribution in [-0.4, -0.2) is 72.5 Å². The molecule has 1 amide bonds. The number of aliphatic hydroxyl groups excluding tert-OH is 1. The summed E-state index contributed by atoms with van der Waals surface area (Å²) in [6.07, 6.45) is 1.19. The van der Waals surface area contributed by atoms with Crippen molar-refractivity contribution in [3.63, 3.8) is 0 Å². The molecule has 0 saturated carbocycles. The van der Waals surface area contributed by atoms with Crippen LogP contribution in [0, 0.1) is 17.8 Å². The number of hydrogen-bond acceptors (Lipinski definition) is 6. The molecule has 0 saturated heterocycles. The lowest BCUT2D eigenvalue weighted by molar-refractivity contribution is -0.129. The molecular weight excluding hydrogens is 442 g/mol. The van der Waals surface area contributed by atoms with Crippen molar-refractivity contribution in [2.24, 2.45) is 5.92 Å². The van der Waals surface area contributed by atoms with Crippen LogP contribution in [0.2, 0.25) is 0 Å². The van der Waals surface area contributed by atoms with E-state index in [1.807, 2.05) is 13.0 Å². The zero-order valence-corrected chi connectivity index (χ0v) is 20.0. The lowest BCUT2D eigenvalue weighted by atomic mass is 10.0. The summed E-state index contributed by atoms with van der Waals surface area (Å²) in [7, 11) is -2.25. The van der Waals surface area contributed by atoms with Gasteiger partial charge in [0.2, 0.25) is 15.9 Å². The van der Waals surface area contributed by atoms with Gasteiger partial charge in [-0.2, -0.15) is 4.31 Å². The van der Waals surface area contributed by atoms with Gasteiger partial charge in [0.05, 0.1) is 13.2 Å². The van der Waals surface area contributed by atoms with E-state index < -0.39 is 22.2 Å². The zero-order chi connectivity index (χ0) is 24.2. The number of rotatable bonds is 4. The molecule has 0 unspecified atom stereocenters. The lowest BCUT2D eigenvalue weighted by Crippen LogP contribution is -2.50. The van der Waals surface area contributed by atoms with Crippen molar-refractivity contribution < 1.29 is 23.1 Å².